The van der Waals surface area contributed by atoms with E-state index < -0.39 is 0 Å². The predicted octanol–water partition coefficient (Wildman–Crippen LogP) is 1.32. The summed E-state index contributed by atoms with van der Waals surface area (Å²) in [6, 6.07) is 10.7. The molecule has 0 spiro atoms. The number of benzene rings is 1. The first kappa shape index (κ1) is 13.9. The highest BCUT2D eigenvalue weighted by Gasteiger charge is 2.39. The van der Waals surface area contributed by atoms with Gasteiger partial charge < -0.3 is 15.4 Å². The predicted molar refractivity (Wildman–Crippen MR) is 82.1 cm³/mol. The van der Waals surface area contributed by atoms with Crippen molar-refractivity contribution < 1.29 is 4.74 Å². The average Bonchev–Trinajstić information content (AvgIpc) is 2.56. The maximum Gasteiger partial charge on any atom is 0.0594 e. The monoisotopic (exact) mass is 275 g/mol. The zero-order chi connectivity index (χ0) is 13.8. The lowest BCUT2D eigenvalue weighted by atomic mass is 9.85. The van der Waals surface area contributed by atoms with E-state index in [1.165, 1.54) is 5.69 Å². The topological polar surface area (TPSA) is 41.7 Å². The fraction of sp³-hybridized carbons (Fsp3) is 0.625. The zero-order valence-corrected chi connectivity index (χ0v) is 12.1. The lowest BCUT2D eigenvalue weighted by molar-refractivity contribution is -0.0287. The number of ether oxygens (including phenoxy) is 1. The molecule has 2 aliphatic heterocycles. The highest BCUT2D eigenvalue weighted by atomic mass is 16.5. The summed E-state index contributed by atoms with van der Waals surface area (Å²) in [5.74, 6) is 0. The van der Waals surface area contributed by atoms with Crippen LogP contribution in [0.1, 0.15) is 12.8 Å². The normalized spacial score (nSPS) is 23.8. The van der Waals surface area contributed by atoms with E-state index in [-0.39, 0.29) is 5.54 Å². The minimum Gasteiger partial charge on any atom is -0.379 e. The first-order valence-corrected chi connectivity index (χ1v) is 7.67. The molecule has 2 aliphatic rings. The van der Waals surface area contributed by atoms with E-state index in [1.54, 1.807) is 0 Å². The van der Waals surface area contributed by atoms with Gasteiger partial charge in [-0.1, -0.05) is 18.2 Å². The molecule has 20 heavy (non-hydrogen) atoms. The Hall–Kier alpha value is -1.10. The Morgan fingerprint density at radius 1 is 1.00 bits per heavy atom. The molecule has 2 saturated heterocycles. The molecule has 4 heteroatoms. The molecule has 0 aromatic heterocycles. The minimum absolute atomic E-state index is 0.190. The molecule has 2 fully saturated rings. The van der Waals surface area contributed by atoms with Gasteiger partial charge in [-0.25, -0.2) is 0 Å². The van der Waals surface area contributed by atoms with E-state index in [1.807, 2.05) is 0 Å². The fourth-order valence-electron chi connectivity index (χ4n) is 3.51. The van der Waals surface area contributed by atoms with Crippen LogP contribution in [-0.4, -0.2) is 56.4 Å². The van der Waals surface area contributed by atoms with Gasteiger partial charge in [0.2, 0.25) is 0 Å². The van der Waals surface area contributed by atoms with Crippen molar-refractivity contribution in [3.05, 3.63) is 30.3 Å². The SMILES string of the molecule is NCC1(N2CCOCC2)CCN(c2ccccc2)CC1. The Morgan fingerprint density at radius 3 is 2.25 bits per heavy atom. The van der Waals surface area contributed by atoms with Crippen LogP contribution >= 0.6 is 0 Å². The van der Waals surface area contributed by atoms with Crippen molar-refractivity contribution >= 4 is 5.69 Å². The molecule has 0 bridgehead atoms. The summed E-state index contributed by atoms with van der Waals surface area (Å²) in [6.07, 6.45) is 2.30. The smallest absolute Gasteiger partial charge is 0.0594 e. The van der Waals surface area contributed by atoms with E-state index >= 15 is 0 Å². The van der Waals surface area contributed by atoms with E-state index in [9.17, 15) is 0 Å². The number of morpholine rings is 1. The number of anilines is 1. The summed E-state index contributed by atoms with van der Waals surface area (Å²) in [6.45, 7) is 6.71. The average molecular weight is 275 g/mol. The largest absolute Gasteiger partial charge is 0.379 e. The molecule has 0 aliphatic carbocycles. The standard InChI is InChI=1S/C16H25N3O/c17-14-16(19-10-12-20-13-11-19)6-8-18(9-7-16)15-4-2-1-3-5-15/h1-5H,6-14,17H2. The Morgan fingerprint density at radius 2 is 1.65 bits per heavy atom. The second kappa shape index (κ2) is 6.12. The molecule has 0 amide bonds. The molecule has 0 unspecified atom stereocenters. The molecule has 2 heterocycles. The highest BCUT2D eigenvalue weighted by Crippen LogP contribution is 2.31. The first-order chi connectivity index (χ1) is 9.84. The molecule has 3 rings (SSSR count). The molecule has 0 radical (unpaired) electrons. The second-order valence-electron chi connectivity index (χ2n) is 5.85. The number of rotatable bonds is 3. The molecule has 1 aromatic rings. The summed E-state index contributed by atoms with van der Waals surface area (Å²) in [4.78, 5) is 5.05. The quantitative estimate of drug-likeness (QED) is 0.903. The molecule has 0 atom stereocenters. The Kier molecular flexibility index (Phi) is 4.24. The van der Waals surface area contributed by atoms with Gasteiger partial charge in [0, 0.05) is 44.0 Å². The second-order valence-corrected chi connectivity index (χ2v) is 5.85. The first-order valence-electron chi connectivity index (χ1n) is 7.67. The van der Waals surface area contributed by atoms with E-state index in [0.717, 1.165) is 58.8 Å². The van der Waals surface area contributed by atoms with Crippen LogP contribution in [0.2, 0.25) is 0 Å². The van der Waals surface area contributed by atoms with Crippen molar-refractivity contribution in [1.29, 1.82) is 0 Å². The van der Waals surface area contributed by atoms with Crippen molar-refractivity contribution in [3.8, 4) is 0 Å². The summed E-state index contributed by atoms with van der Waals surface area (Å²) >= 11 is 0. The van der Waals surface area contributed by atoms with Crippen molar-refractivity contribution in [1.82, 2.24) is 4.90 Å². The number of para-hydroxylation sites is 1. The number of nitrogens with two attached hydrogens (primary N) is 1. The van der Waals surface area contributed by atoms with Gasteiger partial charge in [-0.05, 0) is 25.0 Å². The summed E-state index contributed by atoms with van der Waals surface area (Å²) < 4.78 is 5.48. The van der Waals surface area contributed by atoms with Gasteiger partial charge in [-0.15, -0.1) is 0 Å². The number of piperidine rings is 1. The zero-order valence-electron chi connectivity index (χ0n) is 12.1. The fourth-order valence-corrected chi connectivity index (χ4v) is 3.51. The molecule has 4 nitrogen and oxygen atoms in total. The van der Waals surface area contributed by atoms with Crippen LogP contribution in [0.5, 0.6) is 0 Å². The van der Waals surface area contributed by atoms with E-state index in [0.29, 0.717) is 0 Å². The molecule has 2 N–H and O–H groups in total. The van der Waals surface area contributed by atoms with Gasteiger partial charge in [0.05, 0.1) is 13.2 Å². The summed E-state index contributed by atoms with van der Waals surface area (Å²) in [7, 11) is 0. The highest BCUT2D eigenvalue weighted by molar-refractivity contribution is 5.46. The Labute approximate surface area is 121 Å². The van der Waals surface area contributed by atoms with Crippen LogP contribution in [0.3, 0.4) is 0 Å². The molecular formula is C16H25N3O. The number of hydrogen-bond donors (Lipinski definition) is 1. The Bertz CT molecular complexity index is 409. The van der Waals surface area contributed by atoms with Crippen LogP contribution in [0.4, 0.5) is 5.69 Å². The van der Waals surface area contributed by atoms with Crippen molar-refractivity contribution in [3.63, 3.8) is 0 Å². The number of hydrogen-bond acceptors (Lipinski definition) is 4. The van der Waals surface area contributed by atoms with Crippen LogP contribution in [0, 0.1) is 0 Å². The van der Waals surface area contributed by atoms with E-state index in [4.69, 9.17) is 10.5 Å². The van der Waals surface area contributed by atoms with E-state index in [2.05, 4.69) is 40.1 Å². The van der Waals surface area contributed by atoms with Gasteiger partial charge in [0.15, 0.2) is 0 Å². The van der Waals surface area contributed by atoms with Crippen molar-refractivity contribution in [2.45, 2.75) is 18.4 Å². The summed E-state index contributed by atoms with van der Waals surface area (Å²) in [5, 5.41) is 0. The van der Waals surface area contributed by atoms with Crippen molar-refractivity contribution in [2.75, 3.05) is 50.8 Å². The molecule has 110 valence electrons. The number of nitrogens with zero attached hydrogens (tertiary/aromatic N) is 2. The van der Waals surface area contributed by atoms with Gasteiger partial charge >= 0.3 is 0 Å². The van der Waals surface area contributed by atoms with Crippen LogP contribution in [0.15, 0.2) is 30.3 Å². The summed E-state index contributed by atoms with van der Waals surface area (Å²) in [5.41, 5.74) is 7.68. The lowest BCUT2D eigenvalue weighted by Crippen LogP contribution is -2.61. The van der Waals surface area contributed by atoms with Crippen molar-refractivity contribution in [2.24, 2.45) is 5.73 Å². The molecule has 0 saturated carbocycles. The molecule has 1 aromatic carbocycles. The maximum absolute atomic E-state index is 6.15. The van der Waals surface area contributed by atoms with Gasteiger partial charge in [-0.2, -0.15) is 0 Å². The van der Waals surface area contributed by atoms with Gasteiger partial charge in [0.1, 0.15) is 0 Å². The van der Waals surface area contributed by atoms with Crippen LogP contribution < -0.4 is 10.6 Å². The van der Waals surface area contributed by atoms with Gasteiger partial charge in [0.25, 0.3) is 0 Å². The maximum atomic E-state index is 6.15. The van der Waals surface area contributed by atoms with Gasteiger partial charge in [-0.3, -0.25) is 4.90 Å². The molecular weight excluding hydrogens is 250 g/mol. The lowest BCUT2D eigenvalue weighted by Gasteiger charge is -2.50. The van der Waals surface area contributed by atoms with Crippen LogP contribution in [0.25, 0.3) is 0 Å². The minimum atomic E-state index is 0.190. The third kappa shape index (κ3) is 2.68. The third-order valence-corrected chi connectivity index (χ3v) is 4.88. The Balaban J connectivity index is 1.66. The van der Waals surface area contributed by atoms with Crippen LogP contribution in [-0.2, 0) is 4.74 Å². The third-order valence-electron chi connectivity index (χ3n) is 4.88.